The van der Waals surface area contributed by atoms with Crippen molar-refractivity contribution in [2.75, 3.05) is 0 Å². The molecule has 0 radical (unpaired) electrons. The quantitative estimate of drug-likeness (QED) is 0.902. The van der Waals surface area contributed by atoms with Crippen LogP contribution in [0.3, 0.4) is 0 Å². The number of carboxylic acids is 1. The van der Waals surface area contributed by atoms with E-state index in [1.807, 2.05) is 0 Å². The molecular formula is C13H13Cl2NO3. The molecule has 0 unspecified atom stereocenters. The number of carbonyl (C=O) groups is 2. The average molecular weight is 302 g/mol. The molecule has 4 nitrogen and oxygen atoms in total. The molecule has 1 saturated carbocycles. The van der Waals surface area contributed by atoms with Crippen molar-refractivity contribution in [2.24, 2.45) is 5.92 Å². The van der Waals surface area contributed by atoms with Gasteiger partial charge in [-0.1, -0.05) is 29.3 Å². The Morgan fingerprint density at radius 1 is 1.21 bits per heavy atom. The number of aliphatic carboxylic acids is 1. The lowest BCUT2D eigenvalue weighted by Gasteiger charge is -2.14. The van der Waals surface area contributed by atoms with E-state index >= 15 is 0 Å². The van der Waals surface area contributed by atoms with E-state index in [0.29, 0.717) is 19.3 Å². The van der Waals surface area contributed by atoms with Crippen molar-refractivity contribution in [1.82, 2.24) is 5.32 Å². The molecule has 1 aromatic carbocycles. The minimum Gasteiger partial charge on any atom is -0.481 e. The largest absolute Gasteiger partial charge is 0.481 e. The van der Waals surface area contributed by atoms with Crippen LogP contribution in [-0.4, -0.2) is 23.0 Å². The smallest absolute Gasteiger partial charge is 0.306 e. The first-order valence-corrected chi connectivity index (χ1v) is 6.72. The molecule has 2 N–H and O–H groups in total. The summed E-state index contributed by atoms with van der Waals surface area (Å²) in [5, 5.41) is 12.3. The maximum Gasteiger partial charge on any atom is 0.306 e. The fourth-order valence-electron chi connectivity index (χ4n) is 2.31. The van der Waals surface area contributed by atoms with Crippen molar-refractivity contribution in [3.8, 4) is 0 Å². The molecule has 0 aliphatic heterocycles. The first-order valence-electron chi connectivity index (χ1n) is 5.96. The predicted molar refractivity (Wildman–Crippen MR) is 72.7 cm³/mol. The van der Waals surface area contributed by atoms with E-state index in [9.17, 15) is 9.59 Å². The van der Waals surface area contributed by atoms with Crippen molar-refractivity contribution in [3.05, 3.63) is 33.8 Å². The topological polar surface area (TPSA) is 66.4 Å². The normalized spacial score (nSPS) is 22.2. The molecule has 102 valence electrons. The van der Waals surface area contributed by atoms with Crippen LogP contribution in [-0.2, 0) is 4.79 Å². The Hall–Kier alpha value is -1.26. The zero-order valence-corrected chi connectivity index (χ0v) is 11.5. The molecule has 2 rings (SSSR count). The van der Waals surface area contributed by atoms with Crippen molar-refractivity contribution < 1.29 is 14.7 Å². The molecule has 2 atom stereocenters. The van der Waals surface area contributed by atoms with E-state index in [4.69, 9.17) is 28.3 Å². The first kappa shape index (κ1) is 14.2. The van der Waals surface area contributed by atoms with Gasteiger partial charge < -0.3 is 10.4 Å². The summed E-state index contributed by atoms with van der Waals surface area (Å²) in [4.78, 5) is 22.9. The van der Waals surface area contributed by atoms with Crippen LogP contribution >= 0.6 is 23.2 Å². The summed E-state index contributed by atoms with van der Waals surface area (Å²) in [6, 6.07) is 4.71. The van der Waals surface area contributed by atoms with E-state index in [1.54, 1.807) is 18.2 Å². The second-order valence-electron chi connectivity index (χ2n) is 4.62. The van der Waals surface area contributed by atoms with Crippen LogP contribution in [0.1, 0.15) is 29.6 Å². The lowest BCUT2D eigenvalue weighted by Crippen LogP contribution is -2.33. The fraction of sp³-hybridized carbons (Fsp3) is 0.385. The Morgan fingerprint density at radius 2 is 1.84 bits per heavy atom. The van der Waals surface area contributed by atoms with Crippen LogP contribution < -0.4 is 5.32 Å². The SMILES string of the molecule is O=C(N[C@H]1CC[C@@H](C(=O)O)C1)c1c(Cl)cccc1Cl. The lowest BCUT2D eigenvalue weighted by atomic mass is 10.1. The number of hydrogen-bond acceptors (Lipinski definition) is 2. The average Bonchev–Trinajstić information content (AvgIpc) is 2.77. The third-order valence-electron chi connectivity index (χ3n) is 3.31. The van der Waals surface area contributed by atoms with Gasteiger partial charge in [0.1, 0.15) is 0 Å². The van der Waals surface area contributed by atoms with E-state index in [1.165, 1.54) is 0 Å². The van der Waals surface area contributed by atoms with Gasteiger partial charge in [0.25, 0.3) is 5.91 Å². The Kier molecular flexibility index (Phi) is 4.32. The van der Waals surface area contributed by atoms with Gasteiger partial charge in [0, 0.05) is 6.04 Å². The number of carbonyl (C=O) groups excluding carboxylic acids is 1. The highest BCUT2D eigenvalue weighted by Gasteiger charge is 2.31. The zero-order valence-electron chi connectivity index (χ0n) is 10.0. The lowest BCUT2D eigenvalue weighted by molar-refractivity contribution is -0.141. The predicted octanol–water partition coefficient (Wildman–Crippen LogP) is 2.98. The molecule has 0 spiro atoms. The van der Waals surface area contributed by atoms with Gasteiger partial charge in [-0.05, 0) is 31.4 Å². The van der Waals surface area contributed by atoms with Gasteiger partial charge in [0.2, 0.25) is 0 Å². The van der Waals surface area contributed by atoms with E-state index < -0.39 is 5.97 Å². The number of halogens is 2. The molecule has 0 heterocycles. The molecule has 1 aromatic rings. The minimum atomic E-state index is -0.812. The Bertz CT molecular complexity index is 498. The van der Waals surface area contributed by atoms with Gasteiger partial charge in [-0.3, -0.25) is 9.59 Å². The second kappa shape index (κ2) is 5.80. The number of hydrogen-bond donors (Lipinski definition) is 2. The van der Waals surface area contributed by atoms with Crippen LogP contribution in [0.15, 0.2) is 18.2 Å². The fourth-order valence-corrected chi connectivity index (χ4v) is 2.88. The highest BCUT2D eigenvalue weighted by atomic mass is 35.5. The summed E-state index contributed by atoms with van der Waals surface area (Å²) in [6.07, 6.45) is 1.68. The summed E-state index contributed by atoms with van der Waals surface area (Å²) >= 11 is 11.9. The molecule has 1 amide bonds. The Morgan fingerprint density at radius 3 is 2.37 bits per heavy atom. The molecule has 0 saturated heterocycles. The number of benzene rings is 1. The zero-order chi connectivity index (χ0) is 14.0. The van der Waals surface area contributed by atoms with E-state index in [2.05, 4.69) is 5.32 Å². The molecule has 19 heavy (non-hydrogen) atoms. The van der Waals surface area contributed by atoms with Crippen LogP contribution in [0.25, 0.3) is 0 Å². The molecular weight excluding hydrogens is 289 g/mol. The van der Waals surface area contributed by atoms with Gasteiger partial charge in [-0.2, -0.15) is 0 Å². The summed E-state index contributed by atoms with van der Waals surface area (Å²) < 4.78 is 0. The third-order valence-corrected chi connectivity index (χ3v) is 3.94. The maximum atomic E-state index is 12.1. The standard InChI is InChI=1S/C13H13Cl2NO3/c14-9-2-1-3-10(15)11(9)12(17)16-8-5-4-7(6-8)13(18)19/h1-3,7-8H,4-6H2,(H,16,17)(H,18,19)/t7-,8+/m1/s1. The summed E-state index contributed by atoms with van der Waals surface area (Å²) in [5.41, 5.74) is 0.240. The van der Waals surface area contributed by atoms with Gasteiger partial charge in [0.15, 0.2) is 0 Å². The second-order valence-corrected chi connectivity index (χ2v) is 5.43. The molecule has 6 heteroatoms. The number of carboxylic acid groups (broad SMARTS) is 1. The highest BCUT2D eigenvalue weighted by Crippen LogP contribution is 2.28. The Balaban J connectivity index is 2.05. The molecule has 0 bridgehead atoms. The molecule has 1 aliphatic carbocycles. The van der Waals surface area contributed by atoms with Gasteiger partial charge in [-0.15, -0.1) is 0 Å². The Labute approximate surface area is 120 Å². The van der Waals surface area contributed by atoms with Crippen molar-refractivity contribution in [2.45, 2.75) is 25.3 Å². The summed E-state index contributed by atoms with van der Waals surface area (Å²) in [7, 11) is 0. The van der Waals surface area contributed by atoms with E-state index in [-0.39, 0.29) is 33.5 Å². The number of amides is 1. The van der Waals surface area contributed by atoms with Gasteiger partial charge in [0.05, 0.1) is 21.5 Å². The van der Waals surface area contributed by atoms with Gasteiger partial charge in [-0.25, -0.2) is 0 Å². The molecule has 1 fully saturated rings. The van der Waals surface area contributed by atoms with Crippen molar-refractivity contribution in [3.63, 3.8) is 0 Å². The van der Waals surface area contributed by atoms with Crippen molar-refractivity contribution in [1.29, 1.82) is 0 Å². The monoisotopic (exact) mass is 301 g/mol. The minimum absolute atomic E-state index is 0.138. The molecule has 1 aliphatic rings. The van der Waals surface area contributed by atoms with Crippen molar-refractivity contribution >= 4 is 35.1 Å². The summed E-state index contributed by atoms with van der Waals surface area (Å²) in [6.45, 7) is 0. The highest BCUT2D eigenvalue weighted by molar-refractivity contribution is 6.39. The first-order chi connectivity index (χ1) is 8.99. The number of nitrogens with one attached hydrogen (secondary N) is 1. The maximum absolute atomic E-state index is 12.1. The van der Waals surface area contributed by atoms with E-state index in [0.717, 1.165) is 0 Å². The third kappa shape index (κ3) is 3.19. The van der Waals surface area contributed by atoms with Crippen LogP contribution in [0.5, 0.6) is 0 Å². The molecule has 0 aromatic heterocycles. The van der Waals surface area contributed by atoms with Crippen LogP contribution in [0, 0.1) is 5.92 Å². The summed E-state index contributed by atoms with van der Waals surface area (Å²) in [5.74, 6) is -1.55. The van der Waals surface area contributed by atoms with Gasteiger partial charge >= 0.3 is 5.97 Å². The van der Waals surface area contributed by atoms with Crippen LogP contribution in [0.4, 0.5) is 0 Å². The van der Waals surface area contributed by atoms with Crippen LogP contribution in [0.2, 0.25) is 10.0 Å². The number of rotatable bonds is 3.